The van der Waals surface area contributed by atoms with Crippen molar-refractivity contribution < 1.29 is 32.6 Å². The molecule has 0 aliphatic carbocycles. The van der Waals surface area contributed by atoms with E-state index in [1.54, 1.807) is 34.0 Å². The quantitative estimate of drug-likeness (QED) is 0.298. The van der Waals surface area contributed by atoms with E-state index in [-0.39, 0.29) is 53.6 Å². The van der Waals surface area contributed by atoms with E-state index in [1.807, 2.05) is 0 Å². The summed E-state index contributed by atoms with van der Waals surface area (Å²) in [6, 6.07) is 2.76. The van der Waals surface area contributed by atoms with Crippen LogP contribution in [0.5, 0.6) is 5.75 Å². The fraction of sp³-hybridized carbons (Fsp3) is 0.370. The molecule has 14 heteroatoms. The van der Waals surface area contributed by atoms with Crippen LogP contribution in [0, 0.1) is 11.6 Å². The number of carbonyl (C=O) groups excluding carboxylic acids is 3. The van der Waals surface area contributed by atoms with Gasteiger partial charge in [0, 0.05) is 26.4 Å². The standard InChI is InChI=1S/C27H32F2N6O6/c1-15(2)41-24-22(29)16(28)13-19-23(24)33-20(30-19)14-35-12-8-10-18(26(35)38)31-25(37)17(32-27(39)40-5)9-6-7-11-21(36)34(3)4/h7-8,10-13,15,17H,6,9,14H2,1-5H3,(H,30,33)(H,31,37)(H,32,39)/b11-7+/t17-/m0/s1. The molecule has 12 nitrogen and oxygen atoms in total. The molecule has 2 heterocycles. The Bertz CT molecular complexity index is 1510. The van der Waals surface area contributed by atoms with Crippen LogP contribution in [0.1, 0.15) is 32.5 Å². The Morgan fingerprint density at radius 1 is 1.24 bits per heavy atom. The van der Waals surface area contributed by atoms with Crippen LogP contribution in [0.3, 0.4) is 0 Å². The highest BCUT2D eigenvalue weighted by Gasteiger charge is 2.23. The molecule has 0 aliphatic rings. The summed E-state index contributed by atoms with van der Waals surface area (Å²) in [5, 5.41) is 4.93. The van der Waals surface area contributed by atoms with Crippen LogP contribution >= 0.6 is 0 Å². The summed E-state index contributed by atoms with van der Waals surface area (Å²) >= 11 is 0. The van der Waals surface area contributed by atoms with Gasteiger partial charge in [0.2, 0.25) is 17.6 Å². The Labute approximate surface area is 234 Å². The van der Waals surface area contributed by atoms with Crippen LogP contribution < -0.4 is 20.9 Å². The number of H-pyrrole nitrogens is 1. The molecule has 0 unspecified atom stereocenters. The lowest BCUT2D eigenvalue weighted by Gasteiger charge is -2.17. The first-order chi connectivity index (χ1) is 19.4. The Hall–Kier alpha value is -4.75. The summed E-state index contributed by atoms with van der Waals surface area (Å²) in [6.07, 6.45) is 3.49. The van der Waals surface area contributed by atoms with Gasteiger partial charge in [-0.3, -0.25) is 14.4 Å². The summed E-state index contributed by atoms with van der Waals surface area (Å²) in [5.74, 6) is -3.29. The minimum Gasteiger partial charge on any atom is -0.486 e. The van der Waals surface area contributed by atoms with E-state index in [2.05, 4.69) is 25.3 Å². The summed E-state index contributed by atoms with van der Waals surface area (Å²) in [7, 11) is 4.34. The number of alkyl carbamates (subject to hydrolysis) is 1. The van der Waals surface area contributed by atoms with Gasteiger partial charge in [-0.25, -0.2) is 14.2 Å². The van der Waals surface area contributed by atoms with Crippen LogP contribution in [0.2, 0.25) is 0 Å². The van der Waals surface area contributed by atoms with Crippen LogP contribution in [-0.4, -0.2) is 70.7 Å². The van der Waals surface area contributed by atoms with Crippen molar-refractivity contribution in [2.24, 2.45) is 0 Å². The number of imidazole rings is 1. The number of methoxy groups -OCH3 is 1. The number of nitrogens with zero attached hydrogens (tertiary/aromatic N) is 3. The molecule has 0 spiro atoms. The van der Waals surface area contributed by atoms with Crippen molar-refractivity contribution in [3.05, 3.63) is 64.4 Å². The van der Waals surface area contributed by atoms with Crippen LogP contribution in [0.25, 0.3) is 11.0 Å². The van der Waals surface area contributed by atoms with E-state index in [9.17, 15) is 28.0 Å². The van der Waals surface area contributed by atoms with E-state index >= 15 is 0 Å². The molecule has 1 aromatic carbocycles. The third kappa shape index (κ3) is 7.90. The highest BCUT2D eigenvalue weighted by atomic mass is 19.2. The Morgan fingerprint density at radius 2 is 1.98 bits per heavy atom. The highest BCUT2D eigenvalue weighted by Crippen LogP contribution is 2.30. The lowest BCUT2D eigenvalue weighted by Crippen LogP contribution is -2.44. The number of ether oxygens (including phenoxy) is 2. The third-order valence-corrected chi connectivity index (χ3v) is 5.75. The van der Waals surface area contributed by atoms with Crippen molar-refractivity contribution in [2.75, 3.05) is 26.5 Å². The normalized spacial score (nSPS) is 12.0. The molecule has 0 fully saturated rings. The lowest BCUT2D eigenvalue weighted by molar-refractivity contribution is -0.123. The molecule has 41 heavy (non-hydrogen) atoms. The molecule has 3 amide bonds. The van der Waals surface area contributed by atoms with E-state index in [1.165, 1.54) is 33.9 Å². The van der Waals surface area contributed by atoms with Crippen LogP contribution in [0.4, 0.5) is 19.3 Å². The number of fused-ring (bicyclic) bond motifs is 1. The number of allylic oxidation sites excluding steroid dienone is 1. The molecule has 0 saturated heterocycles. The van der Waals surface area contributed by atoms with Gasteiger partial charge in [-0.2, -0.15) is 4.39 Å². The number of hydrogen-bond donors (Lipinski definition) is 3. The van der Waals surface area contributed by atoms with Crippen molar-refractivity contribution in [1.29, 1.82) is 0 Å². The van der Waals surface area contributed by atoms with Gasteiger partial charge in [-0.05, 0) is 44.9 Å². The fourth-order valence-corrected chi connectivity index (χ4v) is 3.74. The summed E-state index contributed by atoms with van der Waals surface area (Å²) in [6.45, 7) is 3.22. The number of carbonyl (C=O) groups is 3. The van der Waals surface area contributed by atoms with Gasteiger partial charge in [0.1, 0.15) is 23.1 Å². The smallest absolute Gasteiger partial charge is 0.407 e. The number of halogens is 2. The topological polar surface area (TPSA) is 148 Å². The first kappa shape index (κ1) is 30.8. The van der Waals surface area contributed by atoms with Crippen molar-refractivity contribution in [1.82, 2.24) is 24.8 Å². The van der Waals surface area contributed by atoms with E-state index in [4.69, 9.17) is 4.74 Å². The third-order valence-electron chi connectivity index (χ3n) is 5.75. The van der Waals surface area contributed by atoms with Gasteiger partial charge in [0.05, 0.1) is 25.3 Å². The minimum absolute atomic E-state index is 0.0791. The van der Waals surface area contributed by atoms with Crippen LogP contribution in [0.15, 0.2) is 41.3 Å². The highest BCUT2D eigenvalue weighted by molar-refractivity contribution is 5.96. The molecule has 220 valence electrons. The maximum atomic E-state index is 14.4. The SMILES string of the molecule is COC(=O)N[C@@H](CC/C=C/C(=O)N(C)C)C(=O)Nc1cccn(Cc2nc3cc(F)c(F)c(OC(C)C)c3[nH]2)c1=O. The number of aromatic nitrogens is 3. The number of aromatic amines is 1. The molecular weight excluding hydrogens is 542 g/mol. The van der Waals surface area contributed by atoms with Crippen molar-refractivity contribution in [2.45, 2.75) is 45.4 Å². The van der Waals surface area contributed by atoms with Gasteiger partial charge in [0.25, 0.3) is 5.56 Å². The average molecular weight is 575 g/mol. The molecule has 0 saturated carbocycles. The molecule has 0 radical (unpaired) electrons. The van der Waals surface area contributed by atoms with Gasteiger partial charge in [0.15, 0.2) is 11.6 Å². The zero-order chi connectivity index (χ0) is 30.3. The number of benzene rings is 1. The monoisotopic (exact) mass is 574 g/mol. The Kier molecular flexibility index (Phi) is 10.2. The lowest BCUT2D eigenvalue weighted by atomic mass is 10.1. The maximum absolute atomic E-state index is 14.4. The first-order valence-electron chi connectivity index (χ1n) is 12.7. The molecule has 2 aromatic heterocycles. The van der Waals surface area contributed by atoms with Crippen molar-refractivity contribution >= 4 is 34.6 Å². The zero-order valence-electron chi connectivity index (χ0n) is 23.3. The van der Waals surface area contributed by atoms with Crippen molar-refractivity contribution in [3.8, 4) is 5.75 Å². The molecule has 3 rings (SSSR count). The molecule has 1 atom stereocenters. The number of rotatable bonds is 11. The van der Waals surface area contributed by atoms with E-state index in [0.717, 1.165) is 13.2 Å². The zero-order valence-corrected chi connectivity index (χ0v) is 23.3. The molecule has 0 bridgehead atoms. The number of likely N-dealkylation sites (N-methyl/N-ethyl adjacent to an activating group) is 1. The van der Waals surface area contributed by atoms with Gasteiger partial charge >= 0.3 is 6.09 Å². The first-order valence-corrected chi connectivity index (χ1v) is 12.7. The van der Waals surface area contributed by atoms with Gasteiger partial charge in [-0.1, -0.05) is 6.08 Å². The van der Waals surface area contributed by atoms with E-state index < -0.39 is 41.3 Å². The summed E-state index contributed by atoms with van der Waals surface area (Å²) < 4.78 is 39.8. The molecule has 0 aliphatic heterocycles. The second-order valence-corrected chi connectivity index (χ2v) is 9.49. The molecule has 3 aromatic rings. The Morgan fingerprint density at radius 3 is 2.63 bits per heavy atom. The second kappa shape index (κ2) is 13.5. The number of pyridine rings is 1. The maximum Gasteiger partial charge on any atom is 0.407 e. The fourth-order valence-electron chi connectivity index (χ4n) is 3.74. The number of nitrogens with one attached hydrogen (secondary N) is 3. The predicted octanol–water partition coefficient (Wildman–Crippen LogP) is 2.93. The average Bonchev–Trinajstić information content (AvgIpc) is 3.31. The number of anilines is 1. The molecular formula is C27H32F2N6O6. The van der Waals surface area contributed by atoms with E-state index in [0.29, 0.717) is 0 Å². The second-order valence-electron chi connectivity index (χ2n) is 9.49. The minimum atomic E-state index is -1.15. The molecule has 3 N–H and O–H groups in total. The largest absolute Gasteiger partial charge is 0.486 e. The van der Waals surface area contributed by atoms with Crippen molar-refractivity contribution in [3.63, 3.8) is 0 Å². The van der Waals surface area contributed by atoms with Gasteiger partial charge < -0.3 is 34.6 Å². The van der Waals surface area contributed by atoms with Gasteiger partial charge in [-0.15, -0.1) is 0 Å². The Balaban J connectivity index is 1.80. The number of hydrogen-bond acceptors (Lipinski definition) is 7. The predicted molar refractivity (Wildman–Crippen MR) is 147 cm³/mol. The number of amides is 3. The summed E-state index contributed by atoms with van der Waals surface area (Å²) in [4.78, 5) is 58.2. The van der Waals surface area contributed by atoms with Crippen LogP contribution in [-0.2, 0) is 20.9 Å². The summed E-state index contributed by atoms with van der Waals surface area (Å²) in [5.41, 5.74) is -0.414.